The normalized spacial score (nSPS) is 31.3. The molecule has 4 aliphatic rings. The van der Waals surface area contributed by atoms with E-state index in [-0.39, 0.29) is 30.9 Å². The summed E-state index contributed by atoms with van der Waals surface area (Å²) in [5.41, 5.74) is -2.01. The molecular weight excluding hydrogens is 538 g/mol. The number of morpholine rings is 1. The van der Waals surface area contributed by atoms with Crippen molar-refractivity contribution < 1.29 is 33.7 Å². The Morgan fingerprint density at radius 2 is 1.95 bits per heavy atom. The Balaban J connectivity index is 1.70. The number of fused-ring (bicyclic) bond motifs is 1. The van der Waals surface area contributed by atoms with Crippen molar-refractivity contribution in [1.29, 1.82) is 0 Å². The Hall–Kier alpha value is -2.27. The molecule has 2 bridgehead atoms. The largest absolute Gasteiger partial charge is 0.465 e. The van der Waals surface area contributed by atoms with Crippen molar-refractivity contribution in [2.24, 2.45) is 17.8 Å². The second-order valence-corrected chi connectivity index (χ2v) is 12.7. The third kappa shape index (κ3) is 6.05. The van der Waals surface area contributed by atoms with Crippen molar-refractivity contribution in [2.75, 3.05) is 59.2 Å². The number of rotatable bonds is 16. The van der Waals surface area contributed by atoms with Crippen molar-refractivity contribution in [2.45, 2.75) is 82.6 Å². The smallest absolute Gasteiger partial charge is 0.312 e. The first-order chi connectivity index (χ1) is 20.2. The number of esters is 1. The minimum Gasteiger partial charge on any atom is -0.465 e. The fourth-order valence-electron chi connectivity index (χ4n) is 7.70. The van der Waals surface area contributed by atoms with Crippen LogP contribution in [0, 0.1) is 17.8 Å². The monoisotopic (exact) mass is 589 g/mol. The number of likely N-dealkylation sites (tertiary alicyclic amines) is 1. The molecule has 2 amide bonds. The number of nitrogens with zero attached hydrogens (tertiary/aromatic N) is 3. The second kappa shape index (κ2) is 14.0. The first-order valence-electron chi connectivity index (χ1n) is 15.8. The molecule has 4 saturated heterocycles. The summed E-state index contributed by atoms with van der Waals surface area (Å²) in [4.78, 5) is 48.5. The highest BCUT2D eigenvalue weighted by atomic mass is 16.6. The summed E-state index contributed by atoms with van der Waals surface area (Å²) in [6.07, 6.45) is 6.99. The van der Waals surface area contributed by atoms with Gasteiger partial charge in [-0.05, 0) is 44.4 Å². The molecule has 1 N–H and O–H groups in total. The summed E-state index contributed by atoms with van der Waals surface area (Å²) < 4.78 is 18.1. The molecule has 6 atom stereocenters. The lowest BCUT2D eigenvalue weighted by Gasteiger charge is -2.40. The Bertz CT molecular complexity index is 999. The van der Waals surface area contributed by atoms with Gasteiger partial charge in [0.15, 0.2) is 0 Å². The van der Waals surface area contributed by atoms with Gasteiger partial charge in [0.25, 0.3) is 0 Å². The average molecular weight is 590 g/mol. The van der Waals surface area contributed by atoms with Crippen LogP contribution in [0.1, 0.15) is 59.3 Å². The van der Waals surface area contributed by atoms with Crippen LogP contribution in [0.4, 0.5) is 0 Å². The van der Waals surface area contributed by atoms with E-state index in [1.807, 2.05) is 20.8 Å². The lowest BCUT2D eigenvalue weighted by Crippen LogP contribution is -2.59. The Labute approximate surface area is 251 Å². The minimum absolute atomic E-state index is 0.180. The Morgan fingerprint density at radius 3 is 2.57 bits per heavy atom. The number of carbonyl (C=O) groups is 3. The molecule has 0 aromatic carbocycles. The first kappa shape index (κ1) is 32.6. The maximum atomic E-state index is 14.7. The average Bonchev–Trinajstić information content (AvgIpc) is 3.59. The number of allylic oxidation sites excluding steroid dienone is 1. The number of carbonyl (C=O) groups excluding carboxylic acids is 3. The number of hydrogen-bond acceptors (Lipinski definition) is 8. The van der Waals surface area contributed by atoms with Gasteiger partial charge >= 0.3 is 5.97 Å². The van der Waals surface area contributed by atoms with Crippen LogP contribution in [0.3, 0.4) is 0 Å². The van der Waals surface area contributed by atoms with Gasteiger partial charge in [-0.15, -0.1) is 13.2 Å². The molecule has 4 heterocycles. The maximum absolute atomic E-state index is 14.7. The zero-order valence-electron chi connectivity index (χ0n) is 25.8. The van der Waals surface area contributed by atoms with E-state index >= 15 is 0 Å². The van der Waals surface area contributed by atoms with Crippen LogP contribution in [0.25, 0.3) is 0 Å². The van der Waals surface area contributed by atoms with E-state index in [2.05, 4.69) is 18.1 Å². The molecule has 0 aromatic rings. The summed E-state index contributed by atoms with van der Waals surface area (Å²) in [5.74, 6) is -2.39. The van der Waals surface area contributed by atoms with Crippen LogP contribution in [0.5, 0.6) is 0 Å². The van der Waals surface area contributed by atoms with Gasteiger partial charge in [-0.3, -0.25) is 19.3 Å². The van der Waals surface area contributed by atoms with Crippen LogP contribution in [-0.2, 0) is 28.6 Å². The summed E-state index contributed by atoms with van der Waals surface area (Å²) in [6.45, 7) is 18.0. The lowest BCUT2D eigenvalue weighted by atomic mass is 9.65. The Kier molecular flexibility index (Phi) is 10.9. The highest BCUT2D eigenvalue weighted by Crippen LogP contribution is 2.65. The van der Waals surface area contributed by atoms with E-state index in [0.717, 1.165) is 19.5 Å². The number of unbranched alkanes of at least 4 members (excludes halogenated alkanes) is 1. The fourth-order valence-corrected chi connectivity index (χ4v) is 7.70. The molecule has 4 fully saturated rings. The molecule has 4 rings (SSSR count). The van der Waals surface area contributed by atoms with Crippen molar-refractivity contribution in [3.05, 3.63) is 25.3 Å². The van der Waals surface area contributed by atoms with E-state index in [9.17, 15) is 19.5 Å². The van der Waals surface area contributed by atoms with Gasteiger partial charge in [0, 0.05) is 32.7 Å². The molecule has 10 heteroatoms. The molecular formula is C32H51N3O7. The van der Waals surface area contributed by atoms with Crippen molar-refractivity contribution in [3.8, 4) is 0 Å². The van der Waals surface area contributed by atoms with Gasteiger partial charge in [-0.1, -0.05) is 32.9 Å². The quantitative estimate of drug-likeness (QED) is 0.166. The molecule has 10 nitrogen and oxygen atoms in total. The molecule has 1 spiro atoms. The lowest BCUT2D eigenvalue weighted by molar-refractivity contribution is -0.164. The van der Waals surface area contributed by atoms with Crippen molar-refractivity contribution in [3.63, 3.8) is 0 Å². The highest BCUT2D eigenvalue weighted by molar-refractivity contribution is 5.98. The summed E-state index contributed by atoms with van der Waals surface area (Å²) in [6, 6.07) is -1.51. The topological polar surface area (TPSA) is 109 Å². The van der Waals surface area contributed by atoms with Gasteiger partial charge in [0.1, 0.15) is 17.6 Å². The molecule has 0 saturated carbocycles. The van der Waals surface area contributed by atoms with Crippen LogP contribution in [-0.4, -0.2) is 120 Å². The van der Waals surface area contributed by atoms with E-state index < -0.39 is 41.1 Å². The molecule has 0 aliphatic carbocycles. The molecule has 236 valence electrons. The van der Waals surface area contributed by atoms with Gasteiger partial charge in [-0.2, -0.15) is 0 Å². The predicted molar refractivity (Wildman–Crippen MR) is 158 cm³/mol. The SMILES string of the molecule is C=CCCCOC(=O)[C@@H]1[C@H]2C(=O)N([C@@H](CO)CC(C)C)C(C(=O)N(CC=C)CCN3CCOCC3)C23CC[C@@]1(CC)O3. The second-order valence-electron chi connectivity index (χ2n) is 12.7. The molecule has 2 unspecified atom stereocenters. The van der Waals surface area contributed by atoms with Crippen LogP contribution in [0.15, 0.2) is 25.3 Å². The van der Waals surface area contributed by atoms with Crippen LogP contribution >= 0.6 is 0 Å². The van der Waals surface area contributed by atoms with Gasteiger partial charge in [0.2, 0.25) is 11.8 Å². The molecule has 0 aromatic heterocycles. The van der Waals surface area contributed by atoms with Gasteiger partial charge in [-0.25, -0.2) is 0 Å². The van der Waals surface area contributed by atoms with Crippen LogP contribution < -0.4 is 0 Å². The van der Waals surface area contributed by atoms with E-state index in [0.29, 0.717) is 65.0 Å². The molecule has 0 radical (unpaired) electrons. The maximum Gasteiger partial charge on any atom is 0.312 e. The Morgan fingerprint density at radius 1 is 1.21 bits per heavy atom. The number of amides is 2. The third-order valence-corrected chi connectivity index (χ3v) is 9.70. The summed E-state index contributed by atoms with van der Waals surface area (Å²) >= 11 is 0. The minimum atomic E-state index is -1.15. The highest BCUT2D eigenvalue weighted by Gasteiger charge is 2.79. The number of aliphatic hydroxyl groups is 1. The van der Waals surface area contributed by atoms with E-state index in [1.54, 1.807) is 22.0 Å². The van der Waals surface area contributed by atoms with Crippen molar-refractivity contribution in [1.82, 2.24) is 14.7 Å². The first-order valence-corrected chi connectivity index (χ1v) is 15.8. The predicted octanol–water partition coefficient (Wildman–Crippen LogP) is 2.40. The van der Waals surface area contributed by atoms with Crippen LogP contribution in [0.2, 0.25) is 0 Å². The zero-order valence-corrected chi connectivity index (χ0v) is 25.8. The van der Waals surface area contributed by atoms with E-state index in [4.69, 9.17) is 14.2 Å². The number of ether oxygens (including phenoxy) is 3. The fraction of sp³-hybridized carbons (Fsp3) is 0.781. The summed E-state index contributed by atoms with van der Waals surface area (Å²) in [5, 5.41) is 10.5. The van der Waals surface area contributed by atoms with Gasteiger partial charge in [0.05, 0.1) is 44.0 Å². The van der Waals surface area contributed by atoms with Crippen molar-refractivity contribution >= 4 is 17.8 Å². The molecule has 42 heavy (non-hydrogen) atoms. The third-order valence-electron chi connectivity index (χ3n) is 9.70. The van der Waals surface area contributed by atoms with E-state index in [1.165, 1.54) is 0 Å². The number of hydrogen-bond donors (Lipinski definition) is 1. The zero-order chi connectivity index (χ0) is 30.5. The standard InChI is InChI=1S/C32H51N3O7/c1-6-9-10-18-41-30(39)26-25-28(37)35(24(22-36)21-23(4)5)27(32(25)12-11-31(26,8-3)42-32)29(38)34(13-7-2)15-14-33-16-19-40-20-17-33/h6-7,23-27,36H,1-2,8-22H2,3-5H3/t24-,25+,26+,27?,31-,32?/m1/s1. The summed E-state index contributed by atoms with van der Waals surface area (Å²) in [7, 11) is 0. The molecule has 4 aliphatic heterocycles. The van der Waals surface area contributed by atoms with Gasteiger partial charge < -0.3 is 29.1 Å². The number of aliphatic hydroxyl groups excluding tert-OH is 1.